The topological polar surface area (TPSA) is 75.9 Å². The molecule has 108 valence electrons. The number of rotatable bonds is 5. The molecule has 0 radical (unpaired) electrons. The monoisotopic (exact) mass is 287 g/mol. The fraction of sp³-hybridized carbons (Fsp3) is 0.364. The third-order valence-corrected chi connectivity index (χ3v) is 2.44. The van der Waals surface area contributed by atoms with Crippen molar-refractivity contribution in [1.82, 2.24) is 20.0 Å². The summed E-state index contributed by atoms with van der Waals surface area (Å²) in [5, 5.41) is 19.2. The Morgan fingerprint density at radius 1 is 1.30 bits per heavy atom. The second-order valence-corrected chi connectivity index (χ2v) is 3.98. The van der Waals surface area contributed by atoms with Crippen LogP contribution in [0.25, 0.3) is 0 Å². The first kappa shape index (κ1) is 14.3. The van der Waals surface area contributed by atoms with E-state index in [2.05, 4.69) is 20.6 Å². The Morgan fingerprint density at radius 3 is 2.70 bits per heavy atom. The largest absolute Gasteiger partial charge is 0.433 e. The molecule has 0 unspecified atom stereocenters. The Morgan fingerprint density at radius 2 is 2.10 bits per heavy atom. The molecule has 6 nitrogen and oxygen atoms in total. The summed E-state index contributed by atoms with van der Waals surface area (Å²) < 4.78 is 38.4. The minimum Gasteiger partial charge on any atom is -0.394 e. The van der Waals surface area contributed by atoms with E-state index in [1.807, 2.05) is 0 Å². The van der Waals surface area contributed by atoms with E-state index in [0.717, 1.165) is 12.3 Å². The van der Waals surface area contributed by atoms with Crippen molar-refractivity contribution in [1.29, 1.82) is 0 Å². The average molecular weight is 287 g/mol. The molecule has 0 aliphatic heterocycles. The molecule has 0 saturated heterocycles. The highest BCUT2D eigenvalue weighted by Crippen LogP contribution is 2.27. The first-order valence-corrected chi connectivity index (χ1v) is 5.76. The van der Waals surface area contributed by atoms with Gasteiger partial charge in [0.2, 0.25) is 0 Å². The summed E-state index contributed by atoms with van der Waals surface area (Å²) >= 11 is 0. The van der Waals surface area contributed by atoms with Crippen LogP contribution in [-0.2, 0) is 19.3 Å². The van der Waals surface area contributed by atoms with Crippen LogP contribution in [0.2, 0.25) is 0 Å². The molecule has 2 aromatic heterocycles. The predicted octanol–water partition coefficient (Wildman–Crippen LogP) is 1.30. The smallest absolute Gasteiger partial charge is 0.394 e. The number of aliphatic hydroxyl groups is 1. The van der Waals surface area contributed by atoms with Crippen LogP contribution in [0.5, 0.6) is 0 Å². The van der Waals surface area contributed by atoms with Gasteiger partial charge < -0.3 is 10.4 Å². The Hall–Kier alpha value is -2.16. The van der Waals surface area contributed by atoms with Crippen LogP contribution in [0, 0.1) is 0 Å². The van der Waals surface area contributed by atoms with Crippen molar-refractivity contribution in [2.75, 3.05) is 11.9 Å². The fourth-order valence-electron chi connectivity index (χ4n) is 1.49. The van der Waals surface area contributed by atoms with E-state index in [-0.39, 0.29) is 6.61 Å². The molecule has 2 heterocycles. The van der Waals surface area contributed by atoms with Crippen LogP contribution < -0.4 is 5.32 Å². The Bertz CT molecular complexity index is 552. The summed E-state index contributed by atoms with van der Waals surface area (Å²) in [6.07, 6.45) is -1.69. The van der Waals surface area contributed by atoms with Gasteiger partial charge in [0.1, 0.15) is 11.4 Å². The van der Waals surface area contributed by atoms with Crippen molar-refractivity contribution < 1.29 is 18.3 Å². The molecule has 9 heteroatoms. The summed E-state index contributed by atoms with van der Waals surface area (Å²) in [5.74, 6) is 0. The molecule has 0 spiro atoms. The van der Waals surface area contributed by atoms with Gasteiger partial charge in [0.05, 0.1) is 37.8 Å². The normalized spacial score (nSPS) is 11.6. The zero-order chi connectivity index (χ0) is 14.6. The molecule has 0 atom stereocenters. The lowest BCUT2D eigenvalue weighted by molar-refractivity contribution is -0.141. The molecule has 0 amide bonds. The molecule has 0 bridgehead atoms. The van der Waals surface area contributed by atoms with Crippen LogP contribution >= 0.6 is 0 Å². The maximum absolute atomic E-state index is 12.3. The van der Waals surface area contributed by atoms with Crippen molar-refractivity contribution in [3.05, 3.63) is 35.9 Å². The number of nitrogens with zero attached hydrogens (tertiary/aromatic N) is 4. The van der Waals surface area contributed by atoms with E-state index in [9.17, 15) is 13.2 Å². The number of anilines is 1. The molecule has 0 fully saturated rings. The van der Waals surface area contributed by atoms with Crippen molar-refractivity contribution in [3.63, 3.8) is 0 Å². The number of hydrogen-bond acceptors (Lipinski definition) is 5. The van der Waals surface area contributed by atoms with Gasteiger partial charge in [-0.05, 0) is 12.1 Å². The molecular weight excluding hydrogens is 275 g/mol. The van der Waals surface area contributed by atoms with Gasteiger partial charge in [-0.1, -0.05) is 5.21 Å². The zero-order valence-electron chi connectivity index (χ0n) is 10.3. The molecule has 0 aromatic carbocycles. The van der Waals surface area contributed by atoms with Gasteiger partial charge in [0.25, 0.3) is 0 Å². The molecular formula is C11H12F3N5O. The summed E-state index contributed by atoms with van der Waals surface area (Å²) in [7, 11) is 0. The van der Waals surface area contributed by atoms with Crippen molar-refractivity contribution in [3.8, 4) is 0 Å². The van der Waals surface area contributed by atoms with Crippen molar-refractivity contribution in [2.24, 2.45) is 0 Å². The predicted molar refractivity (Wildman–Crippen MR) is 63.7 cm³/mol. The summed E-state index contributed by atoms with van der Waals surface area (Å²) in [6.45, 7) is 0.604. The van der Waals surface area contributed by atoms with E-state index in [1.54, 1.807) is 6.20 Å². The number of hydrogen-bond donors (Lipinski definition) is 2. The Kier molecular flexibility index (Phi) is 4.18. The fourth-order valence-corrected chi connectivity index (χ4v) is 1.49. The minimum absolute atomic E-state index is 0.0426. The van der Waals surface area contributed by atoms with Crippen LogP contribution in [-0.4, -0.2) is 31.7 Å². The number of pyridine rings is 1. The molecule has 2 aromatic rings. The molecule has 0 aliphatic rings. The second kappa shape index (κ2) is 5.87. The molecule has 20 heavy (non-hydrogen) atoms. The van der Waals surface area contributed by atoms with Crippen LogP contribution in [0.1, 0.15) is 11.4 Å². The van der Waals surface area contributed by atoms with E-state index >= 15 is 0 Å². The van der Waals surface area contributed by atoms with Gasteiger partial charge in [0.15, 0.2) is 0 Å². The van der Waals surface area contributed by atoms with E-state index in [4.69, 9.17) is 5.11 Å². The summed E-state index contributed by atoms with van der Waals surface area (Å²) in [5.41, 5.74) is 0.130. The van der Waals surface area contributed by atoms with E-state index in [1.165, 1.54) is 10.7 Å². The molecule has 0 aliphatic carbocycles. The molecule has 0 saturated carbocycles. The SMILES string of the molecule is OCCn1cc(CNc2ccc(C(F)(F)F)nc2)nn1. The van der Waals surface area contributed by atoms with Crippen LogP contribution in [0.3, 0.4) is 0 Å². The number of aromatic nitrogens is 4. The van der Waals surface area contributed by atoms with Gasteiger partial charge in [0, 0.05) is 0 Å². The lowest BCUT2D eigenvalue weighted by atomic mass is 10.3. The number of halogens is 3. The van der Waals surface area contributed by atoms with Gasteiger partial charge in [-0.25, -0.2) is 9.67 Å². The summed E-state index contributed by atoms with van der Waals surface area (Å²) in [4.78, 5) is 3.34. The number of aliphatic hydroxyl groups excluding tert-OH is 1. The lowest BCUT2D eigenvalue weighted by Gasteiger charge is -2.07. The van der Waals surface area contributed by atoms with Gasteiger partial charge >= 0.3 is 6.18 Å². The Balaban J connectivity index is 1.93. The first-order chi connectivity index (χ1) is 9.49. The molecule has 2 rings (SSSR count). The second-order valence-electron chi connectivity index (χ2n) is 3.98. The minimum atomic E-state index is -4.44. The quantitative estimate of drug-likeness (QED) is 0.867. The van der Waals surface area contributed by atoms with Crippen LogP contribution in [0.4, 0.5) is 18.9 Å². The summed E-state index contributed by atoms with van der Waals surface area (Å²) in [6, 6.07) is 2.21. The first-order valence-electron chi connectivity index (χ1n) is 5.76. The molecule has 2 N–H and O–H groups in total. The standard InChI is InChI=1S/C11H12F3N5O/c12-11(13,14)10-2-1-8(5-16-10)15-6-9-7-19(3-4-20)18-17-9/h1-2,5,7,15,20H,3-4,6H2. The van der Waals surface area contributed by atoms with E-state index < -0.39 is 11.9 Å². The number of alkyl halides is 3. The average Bonchev–Trinajstić information content (AvgIpc) is 2.84. The highest BCUT2D eigenvalue weighted by atomic mass is 19.4. The maximum atomic E-state index is 12.3. The van der Waals surface area contributed by atoms with Gasteiger partial charge in [-0.3, -0.25) is 0 Å². The highest BCUT2D eigenvalue weighted by molar-refractivity contribution is 5.41. The third-order valence-electron chi connectivity index (χ3n) is 2.44. The third kappa shape index (κ3) is 3.67. The maximum Gasteiger partial charge on any atom is 0.433 e. The van der Waals surface area contributed by atoms with Gasteiger partial charge in [-0.2, -0.15) is 13.2 Å². The highest BCUT2D eigenvalue weighted by Gasteiger charge is 2.31. The Labute approximate surface area is 112 Å². The zero-order valence-corrected chi connectivity index (χ0v) is 10.3. The van der Waals surface area contributed by atoms with Crippen molar-refractivity contribution >= 4 is 5.69 Å². The lowest BCUT2D eigenvalue weighted by Crippen LogP contribution is -2.08. The van der Waals surface area contributed by atoms with E-state index in [0.29, 0.717) is 24.5 Å². The number of nitrogens with one attached hydrogen (secondary N) is 1. The van der Waals surface area contributed by atoms with Crippen LogP contribution in [0.15, 0.2) is 24.5 Å². The van der Waals surface area contributed by atoms with Crippen molar-refractivity contribution in [2.45, 2.75) is 19.3 Å². The van der Waals surface area contributed by atoms with Gasteiger partial charge in [-0.15, -0.1) is 5.10 Å².